The van der Waals surface area contributed by atoms with Gasteiger partial charge in [-0.3, -0.25) is 4.79 Å². The van der Waals surface area contributed by atoms with Gasteiger partial charge in [-0.05, 0) is 48.6 Å². The Labute approximate surface area is 178 Å². The van der Waals surface area contributed by atoms with Gasteiger partial charge in [0, 0.05) is 5.02 Å². The lowest BCUT2D eigenvalue weighted by Crippen LogP contribution is -2.14. The average Bonchev–Trinajstić information content (AvgIpc) is 2.98. The summed E-state index contributed by atoms with van der Waals surface area (Å²) in [5.74, 6) is -0.0751. The van der Waals surface area contributed by atoms with Gasteiger partial charge >= 0.3 is 0 Å². The maximum atomic E-state index is 12.2. The van der Waals surface area contributed by atoms with E-state index in [2.05, 4.69) is 10.4 Å². The van der Waals surface area contributed by atoms with Crippen molar-refractivity contribution in [2.45, 2.75) is 4.34 Å². The van der Waals surface area contributed by atoms with Crippen molar-refractivity contribution in [1.82, 2.24) is 9.78 Å². The van der Waals surface area contributed by atoms with Crippen molar-refractivity contribution in [3.63, 3.8) is 0 Å². The molecule has 1 aromatic heterocycles. The highest BCUT2D eigenvalue weighted by Gasteiger charge is 2.12. The zero-order chi connectivity index (χ0) is 18.7. The van der Waals surface area contributed by atoms with Crippen LogP contribution in [-0.2, 0) is 4.79 Å². The molecule has 0 aliphatic heterocycles. The van der Waals surface area contributed by atoms with Crippen LogP contribution in [0.5, 0.6) is 0 Å². The topological polar surface area (TPSA) is 46.9 Å². The molecule has 0 atom stereocenters. The van der Waals surface area contributed by atoms with Crippen molar-refractivity contribution < 1.29 is 4.79 Å². The number of aromatic nitrogens is 2. The minimum Gasteiger partial charge on any atom is -0.323 e. The molecule has 2 aromatic carbocycles. The molecule has 10 heteroatoms. The zero-order valence-electron chi connectivity index (χ0n) is 12.9. The van der Waals surface area contributed by atoms with Crippen molar-refractivity contribution in [2.75, 3.05) is 11.1 Å². The summed E-state index contributed by atoms with van der Waals surface area (Å²) in [5.41, 5.74) is 1.22. The summed E-state index contributed by atoms with van der Waals surface area (Å²) in [7, 11) is 0. The van der Waals surface area contributed by atoms with Gasteiger partial charge in [0.25, 0.3) is 0 Å². The molecular weight excluding hydrogens is 453 g/mol. The van der Waals surface area contributed by atoms with E-state index in [0.29, 0.717) is 29.0 Å². The third-order valence-electron chi connectivity index (χ3n) is 3.15. The highest BCUT2D eigenvalue weighted by Crippen LogP contribution is 2.30. The van der Waals surface area contributed by atoms with Crippen molar-refractivity contribution in [2.24, 2.45) is 0 Å². The van der Waals surface area contributed by atoms with Crippen LogP contribution in [0.15, 0.2) is 46.8 Å². The molecule has 0 saturated heterocycles. The Kier molecular flexibility index (Phi) is 6.60. The Morgan fingerprint density at radius 1 is 1.15 bits per heavy atom. The largest absolute Gasteiger partial charge is 0.323 e. The molecule has 0 aliphatic rings. The molecule has 3 aromatic rings. The van der Waals surface area contributed by atoms with Crippen molar-refractivity contribution in [3.8, 4) is 5.69 Å². The number of anilines is 1. The molecule has 3 rings (SSSR count). The van der Waals surface area contributed by atoms with Crippen molar-refractivity contribution in [1.29, 1.82) is 0 Å². The van der Waals surface area contributed by atoms with Gasteiger partial charge in [0.05, 0.1) is 27.2 Å². The quantitative estimate of drug-likeness (QED) is 0.354. The predicted molar refractivity (Wildman–Crippen MR) is 113 cm³/mol. The van der Waals surface area contributed by atoms with E-state index in [9.17, 15) is 4.79 Å². The molecule has 4 nitrogen and oxygen atoms in total. The number of hydrogen-bond acceptors (Lipinski definition) is 5. The van der Waals surface area contributed by atoms with E-state index in [4.69, 9.17) is 47.0 Å². The minimum absolute atomic E-state index is 0.157. The lowest BCUT2D eigenvalue weighted by atomic mass is 10.3. The molecule has 0 spiro atoms. The zero-order valence-corrected chi connectivity index (χ0v) is 17.6. The van der Waals surface area contributed by atoms with E-state index < -0.39 is 0 Å². The van der Waals surface area contributed by atoms with Crippen LogP contribution in [0, 0.1) is 3.95 Å². The van der Waals surface area contributed by atoms with Crippen LogP contribution in [0.1, 0.15) is 0 Å². The van der Waals surface area contributed by atoms with E-state index >= 15 is 0 Å². The van der Waals surface area contributed by atoms with Crippen LogP contribution < -0.4 is 5.32 Å². The molecule has 1 amide bonds. The van der Waals surface area contributed by atoms with E-state index in [1.807, 2.05) is 12.1 Å². The Balaban J connectivity index is 1.67. The second kappa shape index (κ2) is 8.73. The van der Waals surface area contributed by atoms with Gasteiger partial charge in [0.15, 0.2) is 8.29 Å². The second-order valence-electron chi connectivity index (χ2n) is 4.96. The van der Waals surface area contributed by atoms with E-state index in [1.165, 1.54) is 23.1 Å². The maximum Gasteiger partial charge on any atom is 0.234 e. The first-order valence-electron chi connectivity index (χ1n) is 7.17. The Hall–Kier alpha value is -1.09. The average molecular weight is 463 g/mol. The number of carbonyl (C=O) groups is 1. The third kappa shape index (κ3) is 4.79. The second-order valence-corrected chi connectivity index (χ2v) is 9.05. The van der Waals surface area contributed by atoms with Crippen molar-refractivity contribution in [3.05, 3.63) is 61.5 Å². The number of nitrogens with one attached hydrogen (secondary N) is 1. The maximum absolute atomic E-state index is 12.2. The molecule has 26 heavy (non-hydrogen) atoms. The highest BCUT2D eigenvalue weighted by atomic mass is 35.5. The summed E-state index contributed by atoms with van der Waals surface area (Å²) in [5, 5.41) is 8.57. The van der Waals surface area contributed by atoms with E-state index in [-0.39, 0.29) is 11.7 Å². The summed E-state index contributed by atoms with van der Waals surface area (Å²) >= 11 is 26.0. The van der Waals surface area contributed by atoms with E-state index in [0.717, 1.165) is 5.69 Å². The molecule has 0 radical (unpaired) electrons. The standard InChI is InChI=1S/C16H10Cl3N3OS3/c17-9-4-6-10(7-5-9)22-16(24)26-15(21-22)25-8-13(23)20-14-11(18)2-1-3-12(14)19/h1-7H,8H2,(H,20,23). The number of halogens is 3. The van der Waals surface area contributed by atoms with Crippen LogP contribution in [0.4, 0.5) is 5.69 Å². The van der Waals surface area contributed by atoms with Gasteiger partial charge in [-0.2, -0.15) is 0 Å². The summed E-state index contributed by atoms with van der Waals surface area (Å²) in [6.07, 6.45) is 0. The van der Waals surface area contributed by atoms with Gasteiger partial charge in [0.2, 0.25) is 5.91 Å². The SMILES string of the molecule is O=C(CSc1nn(-c2ccc(Cl)cc2)c(=S)s1)Nc1c(Cl)cccc1Cl. The fraction of sp³-hybridized carbons (Fsp3) is 0.0625. The first kappa shape index (κ1) is 19.7. The fourth-order valence-corrected chi connectivity index (χ4v) is 4.76. The fourth-order valence-electron chi connectivity index (χ4n) is 1.98. The normalized spacial score (nSPS) is 10.7. The first-order chi connectivity index (χ1) is 12.4. The smallest absolute Gasteiger partial charge is 0.234 e. The Morgan fingerprint density at radius 2 is 1.81 bits per heavy atom. The number of rotatable bonds is 5. The molecule has 0 fully saturated rings. The molecule has 1 N–H and O–H groups in total. The summed E-state index contributed by atoms with van der Waals surface area (Å²) in [4.78, 5) is 12.2. The number of para-hydroxylation sites is 1. The van der Waals surface area contributed by atoms with Crippen LogP contribution in [0.25, 0.3) is 5.69 Å². The molecule has 0 unspecified atom stereocenters. The first-order valence-corrected chi connectivity index (χ1v) is 10.5. The summed E-state index contributed by atoms with van der Waals surface area (Å²) < 4.78 is 2.91. The Morgan fingerprint density at radius 3 is 2.46 bits per heavy atom. The number of nitrogens with zero attached hydrogens (tertiary/aromatic N) is 2. The minimum atomic E-state index is -0.232. The van der Waals surface area contributed by atoms with Gasteiger partial charge < -0.3 is 5.32 Å². The number of thioether (sulfide) groups is 1. The number of amides is 1. The van der Waals surface area contributed by atoms with Gasteiger partial charge in [-0.15, -0.1) is 5.10 Å². The van der Waals surface area contributed by atoms with Crippen LogP contribution in [0.3, 0.4) is 0 Å². The highest BCUT2D eigenvalue weighted by molar-refractivity contribution is 8.01. The third-order valence-corrected chi connectivity index (χ3v) is 6.40. The lowest BCUT2D eigenvalue weighted by Gasteiger charge is -2.08. The van der Waals surface area contributed by atoms with Crippen molar-refractivity contribution >= 4 is 81.7 Å². The molecule has 134 valence electrons. The number of benzene rings is 2. The number of hydrogen-bond donors (Lipinski definition) is 1. The van der Waals surface area contributed by atoms with Crippen LogP contribution in [0.2, 0.25) is 15.1 Å². The molecule has 0 bridgehead atoms. The molecular formula is C16H10Cl3N3OS3. The van der Waals surface area contributed by atoms with Gasteiger partial charge in [-0.1, -0.05) is 64.0 Å². The van der Waals surface area contributed by atoms with E-state index in [1.54, 1.807) is 35.0 Å². The molecule has 0 aliphatic carbocycles. The van der Waals surface area contributed by atoms with Crippen LogP contribution in [-0.4, -0.2) is 21.4 Å². The molecule has 0 saturated carbocycles. The molecule has 1 heterocycles. The summed E-state index contributed by atoms with van der Waals surface area (Å²) in [6, 6.07) is 12.2. The summed E-state index contributed by atoms with van der Waals surface area (Å²) in [6.45, 7) is 0. The Bertz CT molecular complexity index is 982. The lowest BCUT2D eigenvalue weighted by molar-refractivity contribution is -0.113. The van der Waals surface area contributed by atoms with Gasteiger partial charge in [-0.25, -0.2) is 4.68 Å². The monoisotopic (exact) mass is 461 g/mol. The predicted octanol–water partition coefficient (Wildman–Crippen LogP) is 6.35. The van der Waals surface area contributed by atoms with Crippen LogP contribution >= 0.6 is 70.1 Å². The number of carbonyl (C=O) groups excluding carboxylic acids is 1. The van der Waals surface area contributed by atoms with Gasteiger partial charge in [0.1, 0.15) is 0 Å².